The van der Waals surface area contributed by atoms with Crippen LogP contribution < -0.4 is 0 Å². The quantitative estimate of drug-likeness (QED) is 0.541. The average Bonchev–Trinajstić information content (AvgIpc) is 2.31. The molecule has 4 bridgehead atoms. The molecule has 0 aliphatic heterocycles. The molecule has 4 saturated carbocycles. The van der Waals surface area contributed by atoms with Crippen molar-refractivity contribution < 1.29 is 9.53 Å². The van der Waals surface area contributed by atoms with Crippen LogP contribution in [-0.4, -0.2) is 12.1 Å². The molecule has 2 nitrogen and oxygen atoms in total. The second-order valence-corrected chi connectivity index (χ2v) is 6.27. The van der Waals surface area contributed by atoms with Gasteiger partial charge < -0.3 is 4.74 Å². The lowest BCUT2D eigenvalue weighted by atomic mass is 9.55. The predicted octanol–water partition coefficient (Wildman–Crippen LogP) is 3.32. The van der Waals surface area contributed by atoms with E-state index in [0.717, 1.165) is 17.4 Å². The minimum Gasteiger partial charge on any atom is -0.458 e. The highest BCUT2D eigenvalue weighted by Gasteiger charge is 2.49. The molecular formula is C15H22O2. The Morgan fingerprint density at radius 1 is 1.06 bits per heavy atom. The molecule has 4 aliphatic carbocycles. The first-order valence-corrected chi connectivity index (χ1v) is 7.01. The van der Waals surface area contributed by atoms with Gasteiger partial charge in [-0.15, -0.1) is 0 Å². The van der Waals surface area contributed by atoms with Crippen LogP contribution in [0.3, 0.4) is 0 Å². The number of allylic oxidation sites excluding steroid dienone is 1. The molecule has 0 saturated heterocycles. The molecule has 0 N–H and O–H groups in total. The molecule has 0 unspecified atom stereocenters. The van der Waals surface area contributed by atoms with E-state index in [1.807, 2.05) is 19.9 Å². The zero-order valence-electron chi connectivity index (χ0n) is 10.8. The van der Waals surface area contributed by atoms with Gasteiger partial charge in [-0.1, -0.05) is 6.08 Å². The zero-order valence-corrected chi connectivity index (χ0v) is 10.8. The van der Waals surface area contributed by atoms with Gasteiger partial charge in [0.1, 0.15) is 6.10 Å². The third-order valence-electron chi connectivity index (χ3n) is 5.14. The van der Waals surface area contributed by atoms with Crippen molar-refractivity contribution in [2.24, 2.45) is 23.7 Å². The van der Waals surface area contributed by atoms with Crippen molar-refractivity contribution in [2.75, 3.05) is 0 Å². The van der Waals surface area contributed by atoms with Crippen molar-refractivity contribution in [3.8, 4) is 0 Å². The van der Waals surface area contributed by atoms with Crippen LogP contribution in [0.25, 0.3) is 0 Å². The minimum absolute atomic E-state index is 0.0926. The van der Waals surface area contributed by atoms with Gasteiger partial charge in [-0.25, -0.2) is 4.79 Å². The van der Waals surface area contributed by atoms with Gasteiger partial charge in [-0.3, -0.25) is 0 Å². The van der Waals surface area contributed by atoms with Gasteiger partial charge in [0.25, 0.3) is 0 Å². The van der Waals surface area contributed by atoms with Gasteiger partial charge in [-0.2, -0.15) is 0 Å². The lowest BCUT2D eigenvalue weighted by Gasteiger charge is -2.53. The molecule has 0 aromatic carbocycles. The van der Waals surface area contributed by atoms with Crippen LogP contribution in [0.1, 0.15) is 46.0 Å². The maximum absolute atomic E-state index is 11.9. The van der Waals surface area contributed by atoms with Crippen LogP contribution in [0.4, 0.5) is 0 Å². The van der Waals surface area contributed by atoms with E-state index in [1.54, 1.807) is 0 Å². The Balaban J connectivity index is 1.70. The Bertz CT molecular complexity index is 328. The lowest BCUT2D eigenvalue weighted by molar-refractivity contribution is -0.166. The molecule has 4 rings (SSSR count). The molecule has 17 heavy (non-hydrogen) atoms. The summed E-state index contributed by atoms with van der Waals surface area (Å²) in [6.45, 7) is 3.74. The molecule has 4 fully saturated rings. The van der Waals surface area contributed by atoms with Crippen LogP contribution in [0.5, 0.6) is 0 Å². The normalized spacial score (nSPS) is 43.9. The standard InChI is InChI=1S/C15H22O2/c1-3-9(2)15(16)17-14-12-5-10-4-11(7-12)8-13(14)6-10/h3,10-14H,4-8H2,1-2H3. The second-order valence-electron chi connectivity index (χ2n) is 6.27. The van der Waals surface area contributed by atoms with Crippen LogP contribution in [0.15, 0.2) is 11.6 Å². The number of carbonyl (C=O) groups excluding carboxylic acids is 1. The Morgan fingerprint density at radius 2 is 1.59 bits per heavy atom. The van der Waals surface area contributed by atoms with E-state index in [9.17, 15) is 4.79 Å². The van der Waals surface area contributed by atoms with Crippen LogP contribution >= 0.6 is 0 Å². The largest absolute Gasteiger partial charge is 0.458 e. The summed E-state index contributed by atoms with van der Waals surface area (Å²) in [6, 6.07) is 0. The Kier molecular flexibility index (Phi) is 2.76. The fourth-order valence-electron chi connectivity index (χ4n) is 4.40. The summed E-state index contributed by atoms with van der Waals surface area (Å²) in [5, 5.41) is 0. The highest BCUT2D eigenvalue weighted by Crippen LogP contribution is 2.54. The molecule has 94 valence electrons. The van der Waals surface area contributed by atoms with Crippen molar-refractivity contribution in [3.05, 3.63) is 11.6 Å². The van der Waals surface area contributed by atoms with Crippen molar-refractivity contribution >= 4 is 5.97 Å². The highest BCUT2D eigenvalue weighted by atomic mass is 16.5. The smallest absolute Gasteiger partial charge is 0.333 e. The van der Waals surface area contributed by atoms with Gasteiger partial charge in [0.05, 0.1) is 0 Å². The van der Waals surface area contributed by atoms with Crippen molar-refractivity contribution in [3.63, 3.8) is 0 Å². The van der Waals surface area contributed by atoms with Crippen molar-refractivity contribution in [1.29, 1.82) is 0 Å². The molecule has 0 aromatic rings. The molecule has 0 atom stereocenters. The number of hydrogen-bond donors (Lipinski definition) is 0. The van der Waals surface area contributed by atoms with Crippen molar-refractivity contribution in [1.82, 2.24) is 0 Å². The molecule has 4 aliphatic rings. The molecule has 2 heteroatoms. The fourth-order valence-corrected chi connectivity index (χ4v) is 4.40. The summed E-state index contributed by atoms with van der Waals surface area (Å²) in [5.41, 5.74) is 0.749. The number of carbonyl (C=O) groups is 1. The van der Waals surface area contributed by atoms with Gasteiger partial charge in [0.15, 0.2) is 0 Å². The molecule has 0 heterocycles. The summed E-state index contributed by atoms with van der Waals surface area (Å²) in [5.74, 6) is 3.12. The predicted molar refractivity (Wildman–Crippen MR) is 66.4 cm³/mol. The topological polar surface area (TPSA) is 26.3 Å². The van der Waals surface area contributed by atoms with Gasteiger partial charge in [0.2, 0.25) is 0 Å². The summed E-state index contributed by atoms with van der Waals surface area (Å²) >= 11 is 0. The van der Waals surface area contributed by atoms with Crippen LogP contribution in [-0.2, 0) is 9.53 Å². The Labute approximate surface area is 103 Å². The first-order chi connectivity index (χ1) is 8.17. The Morgan fingerprint density at radius 3 is 2.06 bits per heavy atom. The number of rotatable bonds is 2. The van der Waals surface area contributed by atoms with E-state index in [0.29, 0.717) is 11.8 Å². The summed E-state index contributed by atoms with van der Waals surface area (Å²) in [4.78, 5) is 11.9. The fraction of sp³-hybridized carbons (Fsp3) is 0.800. The lowest BCUT2D eigenvalue weighted by Crippen LogP contribution is -2.50. The van der Waals surface area contributed by atoms with E-state index in [4.69, 9.17) is 4.74 Å². The van der Waals surface area contributed by atoms with Crippen molar-refractivity contribution in [2.45, 2.75) is 52.1 Å². The molecule has 0 radical (unpaired) electrons. The van der Waals surface area contributed by atoms with Gasteiger partial charge in [0, 0.05) is 5.57 Å². The maximum Gasteiger partial charge on any atom is 0.333 e. The van der Waals surface area contributed by atoms with E-state index in [-0.39, 0.29) is 12.1 Å². The number of esters is 1. The van der Waals surface area contributed by atoms with Crippen LogP contribution in [0, 0.1) is 23.7 Å². The molecular weight excluding hydrogens is 212 g/mol. The first-order valence-electron chi connectivity index (χ1n) is 7.01. The highest BCUT2D eigenvalue weighted by molar-refractivity contribution is 5.87. The number of ether oxygens (including phenoxy) is 1. The van der Waals surface area contributed by atoms with E-state index in [2.05, 4.69) is 0 Å². The van der Waals surface area contributed by atoms with Gasteiger partial charge in [-0.05, 0) is 69.6 Å². The third-order valence-corrected chi connectivity index (χ3v) is 5.14. The third kappa shape index (κ3) is 1.92. The maximum atomic E-state index is 11.9. The molecule has 0 spiro atoms. The monoisotopic (exact) mass is 234 g/mol. The molecule has 0 aromatic heterocycles. The zero-order chi connectivity index (χ0) is 12.0. The summed E-state index contributed by atoms with van der Waals surface area (Å²) < 4.78 is 5.77. The SMILES string of the molecule is CC=C(C)C(=O)OC1C2CC3CC(C2)CC1C3. The first kappa shape index (κ1) is 11.3. The minimum atomic E-state index is -0.0926. The van der Waals surface area contributed by atoms with E-state index in [1.165, 1.54) is 32.1 Å². The van der Waals surface area contributed by atoms with Gasteiger partial charge >= 0.3 is 5.97 Å². The van der Waals surface area contributed by atoms with Crippen LogP contribution in [0.2, 0.25) is 0 Å². The summed E-state index contributed by atoms with van der Waals surface area (Å²) in [6.07, 6.45) is 8.74. The molecule has 0 amide bonds. The Hall–Kier alpha value is -0.790. The number of hydrogen-bond acceptors (Lipinski definition) is 2. The summed E-state index contributed by atoms with van der Waals surface area (Å²) in [7, 11) is 0. The van der Waals surface area contributed by atoms with E-state index < -0.39 is 0 Å². The van der Waals surface area contributed by atoms with E-state index >= 15 is 0 Å². The second kappa shape index (κ2) is 4.15. The average molecular weight is 234 g/mol.